The lowest BCUT2D eigenvalue weighted by molar-refractivity contribution is -0.116. The zero-order chi connectivity index (χ0) is 15.9. The van der Waals surface area contributed by atoms with Gasteiger partial charge in [0.15, 0.2) is 0 Å². The summed E-state index contributed by atoms with van der Waals surface area (Å²) < 4.78 is 0. The molecule has 0 spiro atoms. The Morgan fingerprint density at radius 3 is 2.73 bits per heavy atom. The van der Waals surface area contributed by atoms with E-state index in [0.29, 0.717) is 25.2 Å². The Balaban J connectivity index is 1.79. The van der Waals surface area contributed by atoms with Crippen LogP contribution in [0.1, 0.15) is 36.2 Å². The summed E-state index contributed by atoms with van der Waals surface area (Å²) in [6, 6.07) is 5.54. The Bertz CT molecular complexity index is 614. The minimum Gasteiger partial charge on any atom is -0.391 e. The molecule has 0 radical (unpaired) electrons. The minimum atomic E-state index is -0.444. The number of hydrogen-bond acceptors (Lipinski definition) is 3. The van der Waals surface area contributed by atoms with E-state index in [1.807, 2.05) is 19.1 Å². The zero-order valence-electron chi connectivity index (χ0n) is 13.1. The fourth-order valence-electron chi connectivity index (χ4n) is 3.28. The number of benzene rings is 1. The van der Waals surface area contributed by atoms with E-state index in [1.54, 1.807) is 22.8 Å². The highest BCUT2D eigenvalue weighted by Gasteiger charge is 2.29. The molecule has 0 saturated carbocycles. The van der Waals surface area contributed by atoms with Crippen molar-refractivity contribution >= 4 is 17.5 Å². The lowest BCUT2D eigenvalue weighted by atomic mass is 9.95. The maximum atomic E-state index is 12.6. The number of carbonyl (C=O) groups is 2. The van der Waals surface area contributed by atoms with Crippen molar-refractivity contribution in [3.05, 3.63) is 29.3 Å². The second kappa shape index (κ2) is 5.72. The number of aliphatic hydroxyl groups is 1. The standard InChI is InChI=1S/C17H22N2O3/c1-11-5-7-18(10-16(11)21)17(22)14-3-4-15-13(9-14)6-8-19(15)12(2)20/h3-4,9,11,16,21H,5-8,10H2,1-2H3. The highest BCUT2D eigenvalue weighted by Crippen LogP contribution is 2.29. The number of fused-ring (bicyclic) bond motifs is 1. The number of amides is 2. The van der Waals surface area contributed by atoms with Crippen molar-refractivity contribution in [1.82, 2.24) is 4.90 Å². The van der Waals surface area contributed by atoms with Crippen LogP contribution in [-0.4, -0.2) is 47.6 Å². The molecule has 1 aromatic carbocycles. The molecule has 5 nitrogen and oxygen atoms in total. The van der Waals surface area contributed by atoms with Crippen molar-refractivity contribution in [3.63, 3.8) is 0 Å². The molecule has 3 rings (SSSR count). The van der Waals surface area contributed by atoms with Gasteiger partial charge in [0.05, 0.1) is 6.10 Å². The van der Waals surface area contributed by atoms with E-state index in [0.717, 1.165) is 24.1 Å². The first-order chi connectivity index (χ1) is 10.5. The molecule has 1 N–H and O–H groups in total. The maximum absolute atomic E-state index is 12.6. The van der Waals surface area contributed by atoms with Gasteiger partial charge in [-0.25, -0.2) is 0 Å². The first-order valence-corrected chi connectivity index (χ1v) is 7.85. The minimum absolute atomic E-state index is 0.0324. The van der Waals surface area contributed by atoms with Crippen LogP contribution < -0.4 is 4.90 Å². The third-order valence-corrected chi connectivity index (χ3v) is 4.81. The fraction of sp³-hybridized carbons (Fsp3) is 0.529. The molecule has 2 amide bonds. The van der Waals surface area contributed by atoms with Crippen LogP contribution in [0.25, 0.3) is 0 Å². The van der Waals surface area contributed by atoms with Gasteiger partial charge in [0.2, 0.25) is 5.91 Å². The molecule has 22 heavy (non-hydrogen) atoms. The molecule has 1 fully saturated rings. The van der Waals surface area contributed by atoms with Gasteiger partial charge in [0.1, 0.15) is 0 Å². The van der Waals surface area contributed by atoms with Gasteiger partial charge < -0.3 is 14.9 Å². The van der Waals surface area contributed by atoms with Crippen molar-refractivity contribution in [1.29, 1.82) is 0 Å². The number of anilines is 1. The lowest BCUT2D eigenvalue weighted by Crippen LogP contribution is -2.45. The summed E-state index contributed by atoms with van der Waals surface area (Å²) in [7, 11) is 0. The van der Waals surface area contributed by atoms with Crippen LogP contribution in [0, 0.1) is 5.92 Å². The number of nitrogens with zero attached hydrogens (tertiary/aromatic N) is 2. The van der Waals surface area contributed by atoms with Crippen molar-refractivity contribution in [3.8, 4) is 0 Å². The van der Waals surface area contributed by atoms with E-state index in [9.17, 15) is 14.7 Å². The van der Waals surface area contributed by atoms with E-state index < -0.39 is 6.10 Å². The highest BCUT2D eigenvalue weighted by atomic mass is 16.3. The Morgan fingerprint density at radius 1 is 1.27 bits per heavy atom. The monoisotopic (exact) mass is 302 g/mol. The summed E-state index contributed by atoms with van der Waals surface area (Å²) in [6.07, 6.45) is 1.17. The molecule has 2 heterocycles. The molecule has 1 aromatic rings. The summed E-state index contributed by atoms with van der Waals surface area (Å²) in [5.41, 5.74) is 2.61. The Hall–Kier alpha value is -1.88. The van der Waals surface area contributed by atoms with Gasteiger partial charge >= 0.3 is 0 Å². The van der Waals surface area contributed by atoms with Gasteiger partial charge in [0, 0.05) is 37.8 Å². The van der Waals surface area contributed by atoms with Gasteiger partial charge in [-0.2, -0.15) is 0 Å². The molecule has 0 aliphatic carbocycles. The molecule has 2 unspecified atom stereocenters. The number of hydrogen-bond donors (Lipinski definition) is 1. The third-order valence-electron chi connectivity index (χ3n) is 4.81. The van der Waals surface area contributed by atoms with Crippen LogP contribution in [0.15, 0.2) is 18.2 Å². The van der Waals surface area contributed by atoms with Crippen molar-refractivity contribution in [2.45, 2.75) is 32.8 Å². The fourth-order valence-corrected chi connectivity index (χ4v) is 3.28. The molecule has 118 valence electrons. The Morgan fingerprint density at radius 2 is 2.05 bits per heavy atom. The predicted molar refractivity (Wildman–Crippen MR) is 83.9 cm³/mol. The maximum Gasteiger partial charge on any atom is 0.253 e. The third kappa shape index (κ3) is 2.61. The zero-order valence-corrected chi connectivity index (χ0v) is 13.1. The number of aliphatic hydroxyl groups excluding tert-OH is 1. The predicted octanol–water partition coefficient (Wildman–Crippen LogP) is 1.44. The summed E-state index contributed by atoms with van der Waals surface area (Å²) >= 11 is 0. The molecule has 1 saturated heterocycles. The van der Waals surface area contributed by atoms with Gasteiger partial charge in [-0.3, -0.25) is 9.59 Å². The average molecular weight is 302 g/mol. The molecule has 2 atom stereocenters. The summed E-state index contributed by atoms with van der Waals surface area (Å²) in [6.45, 7) is 5.34. The largest absolute Gasteiger partial charge is 0.391 e. The quantitative estimate of drug-likeness (QED) is 0.854. The van der Waals surface area contributed by atoms with Crippen molar-refractivity contribution < 1.29 is 14.7 Å². The number of rotatable bonds is 1. The number of carbonyl (C=O) groups excluding carboxylic acids is 2. The van der Waals surface area contributed by atoms with Crippen LogP contribution in [0.4, 0.5) is 5.69 Å². The van der Waals surface area contributed by atoms with E-state index in [4.69, 9.17) is 0 Å². The first-order valence-electron chi connectivity index (χ1n) is 7.85. The number of β-amino-alcohol motifs (C(OH)–C–C–N with tert-alkyl or cyclic N) is 1. The average Bonchev–Trinajstić information content (AvgIpc) is 2.92. The molecule has 0 aromatic heterocycles. The normalized spacial score (nSPS) is 24.3. The van der Waals surface area contributed by atoms with E-state index in [1.165, 1.54) is 0 Å². The Kier molecular flexibility index (Phi) is 3.91. The molecule has 0 bridgehead atoms. The highest BCUT2D eigenvalue weighted by molar-refractivity contribution is 5.98. The molecular formula is C17H22N2O3. The van der Waals surface area contributed by atoms with Gasteiger partial charge in [-0.1, -0.05) is 6.92 Å². The smallest absolute Gasteiger partial charge is 0.253 e. The summed E-state index contributed by atoms with van der Waals surface area (Å²) in [5.74, 6) is 0.245. The molecule has 2 aliphatic heterocycles. The second-order valence-corrected chi connectivity index (χ2v) is 6.35. The van der Waals surface area contributed by atoms with Crippen LogP contribution in [0.3, 0.4) is 0 Å². The van der Waals surface area contributed by atoms with Crippen LogP contribution >= 0.6 is 0 Å². The number of likely N-dealkylation sites (tertiary alicyclic amines) is 1. The summed E-state index contributed by atoms with van der Waals surface area (Å²) in [4.78, 5) is 27.6. The van der Waals surface area contributed by atoms with E-state index in [-0.39, 0.29) is 17.7 Å². The van der Waals surface area contributed by atoms with Gasteiger partial charge in [0.25, 0.3) is 5.91 Å². The van der Waals surface area contributed by atoms with E-state index in [2.05, 4.69) is 0 Å². The number of piperidine rings is 1. The first kappa shape index (κ1) is 15.0. The van der Waals surface area contributed by atoms with Crippen molar-refractivity contribution in [2.24, 2.45) is 5.92 Å². The van der Waals surface area contributed by atoms with Gasteiger partial charge in [-0.05, 0) is 42.5 Å². The van der Waals surface area contributed by atoms with Crippen LogP contribution in [0.5, 0.6) is 0 Å². The summed E-state index contributed by atoms with van der Waals surface area (Å²) in [5, 5.41) is 9.96. The lowest BCUT2D eigenvalue weighted by Gasteiger charge is -2.34. The molecular weight excluding hydrogens is 280 g/mol. The second-order valence-electron chi connectivity index (χ2n) is 6.35. The molecule has 2 aliphatic rings. The SMILES string of the molecule is CC(=O)N1CCc2cc(C(=O)N3CCC(C)C(O)C3)ccc21. The van der Waals surface area contributed by atoms with Crippen LogP contribution in [-0.2, 0) is 11.2 Å². The van der Waals surface area contributed by atoms with E-state index >= 15 is 0 Å². The molecule has 5 heteroatoms. The van der Waals surface area contributed by atoms with Gasteiger partial charge in [-0.15, -0.1) is 0 Å². The van der Waals surface area contributed by atoms with Crippen LogP contribution in [0.2, 0.25) is 0 Å². The topological polar surface area (TPSA) is 60.9 Å². The Labute approximate surface area is 130 Å². The van der Waals surface area contributed by atoms with Crippen molar-refractivity contribution in [2.75, 3.05) is 24.5 Å².